The van der Waals surface area contributed by atoms with Gasteiger partial charge in [0.1, 0.15) is 0 Å². The van der Waals surface area contributed by atoms with Crippen molar-refractivity contribution in [1.82, 2.24) is 0 Å². The molecule has 0 bridgehead atoms. The maximum Gasteiger partial charge on any atom is 0.202 e. The summed E-state index contributed by atoms with van der Waals surface area (Å²) in [5.41, 5.74) is 0.580. The van der Waals surface area contributed by atoms with Gasteiger partial charge in [-0.05, 0) is 5.56 Å². The molecule has 0 aliphatic carbocycles. The van der Waals surface area contributed by atoms with E-state index in [0.717, 1.165) is 6.21 Å². The van der Waals surface area contributed by atoms with E-state index in [2.05, 4.69) is 4.40 Å². The topological polar surface area (TPSA) is 69.6 Å². The van der Waals surface area contributed by atoms with E-state index in [-0.39, 0.29) is 0 Å². The zero-order valence-electron chi connectivity index (χ0n) is 6.04. The highest BCUT2D eigenvalue weighted by Gasteiger charge is 1.86. The first-order valence-corrected chi connectivity index (χ1v) is 4.51. The Morgan fingerprint density at radius 1 is 1.25 bits per heavy atom. The van der Waals surface area contributed by atoms with Crippen molar-refractivity contribution in [3.05, 3.63) is 35.9 Å². The van der Waals surface area contributed by atoms with Gasteiger partial charge in [-0.1, -0.05) is 30.3 Å². The van der Waals surface area contributed by atoms with Crippen LogP contribution in [0.4, 0.5) is 0 Å². The monoisotopic (exact) mass is 184 g/mol. The number of nitrogens with zero attached hydrogens (tertiary/aromatic N) is 1. The van der Waals surface area contributed by atoms with E-state index in [1.807, 2.05) is 0 Å². The Labute approximate surface area is 70.5 Å². The zero-order valence-corrected chi connectivity index (χ0v) is 6.86. The molecule has 0 spiro atoms. The maximum atomic E-state index is 10.1. The van der Waals surface area contributed by atoms with Crippen LogP contribution in [0.5, 0.6) is 0 Å². The first kappa shape index (κ1) is 8.89. The molecule has 0 fully saturated rings. The molecule has 0 aromatic heterocycles. The Morgan fingerprint density at radius 3 is 2.33 bits per heavy atom. The minimum atomic E-state index is -4.50. The van der Waals surface area contributed by atoms with Gasteiger partial charge in [-0.2, -0.15) is 4.40 Å². The van der Waals surface area contributed by atoms with E-state index in [9.17, 15) is 13.0 Å². The summed E-state index contributed by atoms with van der Waals surface area (Å²) in [5, 5.41) is 0. The number of hydrogen-bond acceptors (Lipinski definition) is 3. The van der Waals surface area contributed by atoms with Gasteiger partial charge in [0, 0.05) is 6.21 Å². The van der Waals surface area contributed by atoms with Gasteiger partial charge in [-0.3, -0.25) is 0 Å². The van der Waals surface area contributed by atoms with Crippen LogP contribution in [0.1, 0.15) is 5.56 Å². The van der Waals surface area contributed by atoms with E-state index in [0.29, 0.717) is 5.56 Å². The molecule has 12 heavy (non-hydrogen) atoms. The lowest BCUT2D eigenvalue weighted by Gasteiger charge is -1.96. The summed E-state index contributed by atoms with van der Waals surface area (Å²) in [7, 11) is -4.50. The standard InChI is InChI=1S/C7H7NO3S/c9-12(10,11)8-6-7-4-2-1-3-5-7/h1-6H,(H,9,10,11)/p-1/b8-6+. The quantitative estimate of drug-likeness (QED) is 0.498. The summed E-state index contributed by atoms with van der Waals surface area (Å²) < 4.78 is 33.0. The minimum Gasteiger partial charge on any atom is -0.730 e. The van der Waals surface area contributed by atoms with E-state index >= 15 is 0 Å². The summed E-state index contributed by atoms with van der Waals surface area (Å²) in [5.74, 6) is 0. The molecular weight excluding hydrogens is 178 g/mol. The van der Waals surface area contributed by atoms with Gasteiger partial charge in [-0.15, -0.1) is 0 Å². The molecule has 0 N–H and O–H groups in total. The van der Waals surface area contributed by atoms with Crippen molar-refractivity contribution in [2.24, 2.45) is 4.40 Å². The smallest absolute Gasteiger partial charge is 0.202 e. The molecule has 0 aliphatic rings. The Morgan fingerprint density at radius 2 is 1.83 bits per heavy atom. The van der Waals surface area contributed by atoms with E-state index < -0.39 is 10.3 Å². The molecule has 0 radical (unpaired) electrons. The summed E-state index contributed by atoms with van der Waals surface area (Å²) in [4.78, 5) is 0. The van der Waals surface area contributed by atoms with Gasteiger partial charge in [0.2, 0.25) is 10.3 Å². The second-order valence-corrected chi connectivity index (χ2v) is 3.14. The minimum absolute atomic E-state index is 0.580. The van der Waals surface area contributed by atoms with Crippen molar-refractivity contribution in [3.8, 4) is 0 Å². The Hall–Kier alpha value is -1.20. The average molecular weight is 184 g/mol. The van der Waals surface area contributed by atoms with Crippen LogP contribution < -0.4 is 0 Å². The third kappa shape index (κ3) is 3.27. The van der Waals surface area contributed by atoms with E-state index in [1.54, 1.807) is 30.3 Å². The van der Waals surface area contributed by atoms with Gasteiger partial charge in [0.25, 0.3) is 0 Å². The predicted octanol–water partition coefficient (Wildman–Crippen LogP) is 0.566. The van der Waals surface area contributed by atoms with Crippen LogP contribution in [0, 0.1) is 0 Å². The van der Waals surface area contributed by atoms with Crippen molar-refractivity contribution >= 4 is 16.5 Å². The molecule has 0 saturated carbocycles. The average Bonchev–Trinajstić information content (AvgIpc) is 2.02. The van der Waals surface area contributed by atoms with Crippen molar-refractivity contribution in [3.63, 3.8) is 0 Å². The lowest BCUT2D eigenvalue weighted by Crippen LogP contribution is -1.92. The number of hydrogen-bond donors (Lipinski definition) is 0. The predicted molar refractivity (Wildman–Crippen MR) is 43.7 cm³/mol. The molecule has 1 aromatic carbocycles. The molecule has 0 amide bonds. The fourth-order valence-electron chi connectivity index (χ4n) is 0.665. The molecule has 4 nitrogen and oxygen atoms in total. The third-order valence-corrected chi connectivity index (χ3v) is 1.49. The van der Waals surface area contributed by atoms with Crippen molar-refractivity contribution in [2.45, 2.75) is 0 Å². The van der Waals surface area contributed by atoms with Crippen LogP contribution in [0.2, 0.25) is 0 Å². The molecule has 1 rings (SSSR count). The first-order valence-electron chi connectivity index (χ1n) is 3.14. The number of rotatable bonds is 2. The highest BCUT2D eigenvalue weighted by Crippen LogP contribution is 1.94. The molecule has 5 heteroatoms. The number of benzene rings is 1. The normalized spacial score (nSPS) is 12.1. The summed E-state index contributed by atoms with van der Waals surface area (Å²) in [6, 6.07) is 8.52. The molecule has 0 saturated heterocycles. The van der Waals surface area contributed by atoms with Crippen molar-refractivity contribution in [2.75, 3.05) is 0 Å². The fourth-order valence-corrected chi connectivity index (χ4v) is 0.915. The molecule has 0 unspecified atom stereocenters. The Bertz CT molecular complexity index is 369. The van der Waals surface area contributed by atoms with Crippen LogP contribution in [0.3, 0.4) is 0 Å². The largest absolute Gasteiger partial charge is 0.730 e. The summed E-state index contributed by atoms with van der Waals surface area (Å²) in [6.45, 7) is 0. The second kappa shape index (κ2) is 3.46. The molecule has 0 heterocycles. The van der Waals surface area contributed by atoms with Crippen LogP contribution in [0.25, 0.3) is 0 Å². The Balaban J connectivity index is 2.85. The molecule has 64 valence electrons. The van der Waals surface area contributed by atoms with E-state index in [4.69, 9.17) is 0 Å². The second-order valence-electron chi connectivity index (χ2n) is 2.07. The summed E-state index contributed by atoms with van der Waals surface area (Å²) in [6.07, 6.45) is 1.02. The van der Waals surface area contributed by atoms with Gasteiger partial charge in [0.15, 0.2) is 0 Å². The van der Waals surface area contributed by atoms with E-state index in [1.165, 1.54) is 0 Å². The Kier molecular flexibility index (Phi) is 2.57. The summed E-state index contributed by atoms with van der Waals surface area (Å²) >= 11 is 0. The first-order chi connectivity index (χ1) is 5.58. The highest BCUT2D eigenvalue weighted by molar-refractivity contribution is 7.84. The lowest BCUT2D eigenvalue weighted by molar-refractivity contribution is 0.465. The fraction of sp³-hybridized carbons (Fsp3) is 0. The van der Waals surface area contributed by atoms with Gasteiger partial charge in [-0.25, -0.2) is 8.42 Å². The van der Waals surface area contributed by atoms with Gasteiger partial charge >= 0.3 is 0 Å². The zero-order chi connectivity index (χ0) is 9.03. The van der Waals surface area contributed by atoms with Crippen molar-refractivity contribution < 1.29 is 13.0 Å². The maximum absolute atomic E-state index is 10.1. The highest BCUT2D eigenvalue weighted by atomic mass is 32.2. The van der Waals surface area contributed by atoms with Crippen LogP contribution >= 0.6 is 0 Å². The molecule has 1 aromatic rings. The van der Waals surface area contributed by atoms with Crippen molar-refractivity contribution in [1.29, 1.82) is 0 Å². The van der Waals surface area contributed by atoms with Crippen LogP contribution in [-0.4, -0.2) is 19.2 Å². The molecule has 0 aliphatic heterocycles. The molecular formula is C7H6NO3S-. The van der Waals surface area contributed by atoms with Crippen LogP contribution in [0.15, 0.2) is 34.7 Å². The van der Waals surface area contributed by atoms with Gasteiger partial charge < -0.3 is 4.55 Å². The third-order valence-electron chi connectivity index (χ3n) is 1.13. The molecule has 0 atom stereocenters. The van der Waals surface area contributed by atoms with Gasteiger partial charge in [0.05, 0.1) is 0 Å². The van der Waals surface area contributed by atoms with Crippen LogP contribution in [-0.2, 0) is 10.3 Å². The lowest BCUT2D eigenvalue weighted by atomic mass is 10.2. The SMILES string of the molecule is O=S(=O)([O-])/N=C/c1ccccc1.